The summed E-state index contributed by atoms with van der Waals surface area (Å²) in [5, 5.41) is 4.83. The van der Waals surface area contributed by atoms with Crippen LogP contribution in [0.5, 0.6) is 0 Å². The minimum atomic E-state index is 0.167. The van der Waals surface area contributed by atoms with E-state index in [1.165, 1.54) is 11.3 Å². The summed E-state index contributed by atoms with van der Waals surface area (Å²) in [7, 11) is 0. The SMILES string of the molecule is CC.CC(C)N(N)c1ncno1. The Hall–Kier alpha value is -1.10. The molecule has 0 spiro atoms. The Morgan fingerprint density at radius 2 is 2.08 bits per heavy atom. The van der Waals surface area contributed by atoms with E-state index >= 15 is 0 Å². The van der Waals surface area contributed by atoms with Crippen molar-refractivity contribution in [1.29, 1.82) is 0 Å². The maximum Gasteiger partial charge on any atom is 0.338 e. The van der Waals surface area contributed by atoms with Crippen LogP contribution in [0.4, 0.5) is 6.01 Å². The van der Waals surface area contributed by atoms with Gasteiger partial charge in [0.15, 0.2) is 6.33 Å². The first-order chi connectivity index (χ1) is 5.72. The summed E-state index contributed by atoms with van der Waals surface area (Å²) in [6.45, 7) is 7.87. The van der Waals surface area contributed by atoms with Crippen LogP contribution < -0.4 is 10.9 Å². The van der Waals surface area contributed by atoms with Gasteiger partial charge in [0.2, 0.25) is 0 Å². The molecule has 0 fully saturated rings. The Balaban J connectivity index is 0.000000561. The van der Waals surface area contributed by atoms with E-state index in [0.717, 1.165) is 0 Å². The minimum absolute atomic E-state index is 0.167. The van der Waals surface area contributed by atoms with Gasteiger partial charge in [0, 0.05) is 6.04 Å². The van der Waals surface area contributed by atoms with Gasteiger partial charge in [-0.1, -0.05) is 19.0 Å². The molecule has 1 aromatic rings. The van der Waals surface area contributed by atoms with Crippen LogP contribution in [0.15, 0.2) is 10.9 Å². The highest BCUT2D eigenvalue weighted by Crippen LogP contribution is 2.05. The van der Waals surface area contributed by atoms with Crippen molar-refractivity contribution in [3.8, 4) is 0 Å². The number of aromatic nitrogens is 2. The highest BCUT2D eigenvalue weighted by atomic mass is 16.5. The van der Waals surface area contributed by atoms with Crippen LogP contribution in [0.2, 0.25) is 0 Å². The molecule has 5 nitrogen and oxygen atoms in total. The molecular formula is C7H16N4O. The second-order valence-electron chi connectivity index (χ2n) is 2.22. The Bertz CT molecular complexity index is 185. The van der Waals surface area contributed by atoms with Crippen LogP contribution in [0.1, 0.15) is 27.7 Å². The predicted molar refractivity (Wildman–Crippen MR) is 47.4 cm³/mol. The molecule has 0 amide bonds. The zero-order chi connectivity index (χ0) is 9.56. The first kappa shape index (κ1) is 10.9. The molecule has 0 aliphatic carbocycles. The average molecular weight is 172 g/mol. The van der Waals surface area contributed by atoms with Crippen molar-refractivity contribution < 1.29 is 4.52 Å². The molecule has 0 unspecified atom stereocenters. The van der Waals surface area contributed by atoms with Crippen molar-refractivity contribution >= 4 is 6.01 Å². The highest BCUT2D eigenvalue weighted by molar-refractivity contribution is 5.20. The molecule has 1 aromatic heterocycles. The molecule has 5 heteroatoms. The van der Waals surface area contributed by atoms with Gasteiger partial charge >= 0.3 is 6.01 Å². The van der Waals surface area contributed by atoms with Crippen molar-refractivity contribution in [1.82, 2.24) is 10.1 Å². The van der Waals surface area contributed by atoms with Gasteiger partial charge in [-0.15, -0.1) is 0 Å². The van der Waals surface area contributed by atoms with Crippen LogP contribution in [0.3, 0.4) is 0 Å². The lowest BCUT2D eigenvalue weighted by atomic mass is 10.4. The van der Waals surface area contributed by atoms with Crippen LogP contribution in [0.25, 0.3) is 0 Å². The number of hydrogen-bond donors (Lipinski definition) is 1. The van der Waals surface area contributed by atoms with Gasteiger partial charge in [-0.05, 0) is 13.8 Å². The van der Waals surface area contributed by atoms with Crippen LogP contribution in [0, 0.1) is 0 Å². The molecule has 0 aliphatic rings. The number of anilines is 1. The van der Waals surface area contributed by atoms with Gasteiger partial charge in [0.1, 0.15) is 0 Å². The highest BCUT2D eigenvalue weighted by Gasteiger charge is 2.09. The number of nitrogens with two attached hydrogens (primary N) is 1. The third-order valence-electron chi connectivity index (χ3n) is 1.13. The molecule has 1 heterocycles. The Labute approximate surface area is 72.5 Å². The first-order valence-corrected chi connectivity index (χ1v) is 4.02. The second-order valence-corrected chi connectivity index (χ2v) is 2.22. The molecule has 70 valence electrons. The average Bonchev–Trinajstić information content (AvgIpc) is 2.58. The van der Waals surface area contributed by atoms with Crippen LogP contribution in [-0.2, 0) is 0 Å². The fourth-order valence-electron chi connectivity index (χ4n) is 0.502. The van der Waals surface area contributed by atoms with Gasteiger partial charge in [0.25, 0.3) is 0 Å². The Morgan fingerprint density at radius 3 is 2.42 bits per heavy atom. The van der Waals surface area contributed by atoms with Crippen molar-refractivity contribution in [2.45, 2.75) is 33.7 Å². The number of hydrazine groups is 1. The third kappa shape index (κ3) is 2.87. The normalized spacial score (nSPS) is 9.17. The molecule has 0 atom stereocenters. The maximum absolute atomic E-state index is 5.52. The Morgan fingerprint density at radius 1 is 1.50 bits per heavy atom. The molecule has 0 saturated carbocycles. The quantitative estimate of drug-likeness (QED) is 0.536. The summed E-state index contributed by atoms with van der Waals surface area (Å²) in [5.41, 5.74) is 0. The summed E-state index contributed by atoms with van der Waals surface area (Å²) < 4.78 is 4.70. The van der Waals surface area contributed by atoms with Crippen LogP contribution >= 0.6 is 0 Å². The molecule has 0 aliphatic heterocycles. The molecule has 0 radical (unpaired) electrons. The fourth-order valence-corrected chi connectivity index (χ4v) is 0.502. The standard InChI is InChI=1S/C5H10N4O.C2H6/c1-4(2)9(6)5-7-3-8-10-5;1-2/h3-4H,6H2,1-2H3;1-2H3. The number of nitrogens with zero attached hydrogens (tertiary/aromatic N) is 3. The van der Waals surface area contributed by atoms with Crippen LogP contribution in [-0.4, -0.2) is 16.2 Å². The van der Waals surface area contributed by atoms with Gasteiger partial charge in [-0.25, -0.2) is 5.84 Å². The van der Waals surface area contributed by atoms with E-state index in [4.69, 9.17) is 10.4 Å². The molecular weight excluding hydrogens is 156 g/mol. The van der Waals surface area contributed by atoms with E-state index in [9.17, 15) is 0 Å². The molecule has 0 saturated heterocycles. The number of hydrogen-bond acceptors (Lipinski definition) is 5. The second kappa shape index (κ2) is 5.54. The molecule has 0 bridgehead atoms. The fraction of sp³-hybridized carbons (Fsp3) is 0.714. The lowest BCUT2D eigenvalue weighted by Gasteiger charge is -2.16. The van der Waals surface area contributed by atoms with Crippen molar-refractivity contribution in [3.63, 3.8) is 0 Å². The van der Waals surface area contributed by atoms with E-state index in [1.54, 1.807) is 0 Å². The van der Waals surface area contributed by atoms with Crippen molar-refractivity contribution in [2.24, 2.45) is 5.84 Å². The van der Waals surface area contributed by atoms with Gasteiger partial charge in [0.05, 0.1) is 0 Å². The summed E-state index contributed by atoms with van der Waals surface area (Å²) >= 11 is 0. The smallest absolute Gasteiger partial charge is 0.314 e. The monoisotopic (exact) mass is 172 g/mol. The zero-order valence-electron chi connectivity index (χ0n) is 7.98. The zero-order valence-corrected chi connectivity index (χ0v) is 7.98. The largest absolute Gasteiger partial charge is 0.338 e. The molecule has 1 rings (SSSR count). The lowest BCUT2D eigenvalue weighted by molar-refractivity contribution is 0.406. The van der Waals surface area contributed by atoms with Crippen molar-refractivity contribution in [3.05, 3.63) is 6.33 Å². The summed E-state index contributed by atoms with van der Waals surface area (Å²) in [4.78, 5) is 3.76. The van der Waals surface area contributed by atoms with E-state index < -0.39 is 0 Å². The van der Waals surface area contributed by atoms with Gasteiger partial charge < -0.3 is 4.52 Å². The Kier molecular flexibility index (Phi) is 5.03. The molecule has 0 aromatic carbocycles. The van der Waals surface area contributed by atoms with Gasteiger partial charge in [-0.2, -0.15) is 4.98 Å². The van der Waals surface area contributed by atoms with E-state index in [2.05, 4.69) is 10.1 Å². The molecule has 2 N–H and O–H groups in total. The van der Waals surface area contributed by atoms with E-state index in [-0.39, 0.29) is 6.04 Å². The summed E-state index contributed by atoms with van der Waals surface area (Å²) in [6, 6.07) is 0.510. The van der Waals surface area contributed by atoms with E-state index in [1.807, 2.05) is 27.7 Å². The topological polar surface area (TPSA) is 68.2 Å². The summed E-state index contributed by atoms with van der Waals surface area (Å²) in [5.74, 6) is 5.52. The third-order valence-corrected chi connectivity index (χ3v) is 1.13. The van der Waals surface area contributed by atoms with Crippen molar-refractivity contribution in [2.75, 3.05) is 5.01 Å². The lowest BCUT2D eigenvalue weighted by Crippen LogP contribution is -2.37. The van der Waals surface area contributed by atoms with E-state index in [0.29, 0.717) is 6.01 Å². The predicted octanol–water partition coefficient (Wildman–Crippen LogP) is 1.18. The number of rotatable bonds is 2. The van der Waals surface area contributed by atoms with Gasteiger partial charge in [-0.3, -0.25) is 5.01 Å². The molecule has 12 heavy (non-hydrogen) atoms. The first-order valence-electron chi connectivity index (χ1n) is 4.02. The maximum atomic E-state index is 5.52. The summed E-state index contributed by atoms with van der Waals surface area (Å²) in [6.07, 6.45) is 1.32. The minimum Gasteiger partial charge on any atom is -0.314 e.